The van der Waals surface area contributed by atoms with Crippen molar-refractivity contribution in [2.24, 2.45) is 5.92 Å². The first-order valence-electron chi connectivity index (χ1n) is 5.98. The van der Waals surface area contributed by atoms with Gasteiger partial charge >= 0.3 is 0 Å². The van der Waals surface area contributed by atoms with Gasteiger partial charge in [0.25, 0.3) is 0 Å². The number of carbonyl (C=O) groups excluding carboxylic acids is 1. The zero-order chi connectivity index (χ0) is 12.1. The molecule has 1 aliphatic rings. The minimum Gasteiger partial charge on any atom is -0.352 e. The molecule has 0 saturated carbocycles. The van der Waals surface area contributed by atoms with Crippen molar-refractivity contribution in [3.05, 3.63) is 35.6 Å². The van der Waals surface area contributed by atoms with Crippen LogP contribution in [0.15, 0.2) is 24.3 Å². The van der Waals surface area contributed by atoms with Crippen LogP contribution in [0.2, 0.25) is 0 Å². The highest BCUT2D eigenvalue weighted by molar-refractivity contribution is 5.78. The van der Waals surface area contributed by atoms with Gasteiger partial charge in [-0.1, -0.05) is 12.1 Å². The van der Waals surface area contributed by atoms with Gasteiger partial charge < -0.3 is 10.6 Å². The fourth-order valence-corrected chi connectivity index (χ4v) is 2.02. The van der Waals surface area contributed by atoms with Crippen LogP contribution in [0.3, 0.4) is 0 Å². The molecular weight excluding hydrogens is 219 g/mol. The fraction of sp³-hybridized carbons (Fsp3) is 0.462. The molecule has 0 aliphatic carbocycles. The normalized spacial score (nSPS) is 16.8. The van der Waals surface area contributed by atoms with Crippen LogP contribution >= 0.6 is 0 Å². The number of amides is 1. The van der Waals surface area contributed by atoms with Gasteiger partial charge in [-0.3, -0.25) is 4.79 Å². The van der Waals surface area contributed by atoms with Crippen molar-refractivity contribution in [3.63, 3.8) is 0 Å². The monoisotopic (exact) mass is 236 g/mol. The number of rotatable bonds is 3. The summed E-state index contributed by atoms with van der Waals surface area (Å²) in [6.45, 7) is 2.30. The van der Waals surface area contributed by atoms with Gasteiger partial charge in [0.05, 0.1) is 0 Å². The Labute approximate surface area is 100 Å². The Balaban J connectivity index is 1.81. The summed E-state index contributed by atoms with van der Waals surface area (Å²) in [7, 11) is 0. The Kier molecular flexibility index (Phi) is 4.09. The summed E-state index contributed by atoms with van der Waals surface area (Å²) >= 11 is 0. The van der Waals surface area contributed by atoms with Gasteiger partial charge in [0.1, 0.15) is 5.82 Å². The third-order valence-electron chi connectivity index (χ3n) is 3.09. The van der Waals surface area contributed by atoms with Crippen LogP contribution < -0.4 is 10.6 Å². The number of hydrogen-bond donors (Lipinski definition) is 2. The summed E-state index contributed by atoms with van der Waals surface area (Å²) in [6, 6.07) is 6.20. The zero-order valence-corrected chi connectivity index (χ0v) is 9.71. The molecule has 0 spiro atoms. The molecule has 1 fully saturated rings. The fourth-order valence-electron chi connectivity index (χ4n) is 2.02. The first kappa shape index (κ1) is 12.0. The summed E-state index contributed by atoms with van der Waals surface area (Å²) in [5, 5.41) is 6.13. The van der Waals surface area contributed by atoms with Crippen molar-refractivity contribution in [3.8, 4) is 0 Å². The lowest BCUT2D eigenvalue weighted by atomic mass is 9.97. The van der Waals surface area contributed by atoms with Crippen molar-refractivity contribution < 1.29 is 9.18 Å². The molecule has 1 aromatic carbocycles. The lowest BCUT2D eigenvalue weighted by Crippen LogP contribution is -2.37. The van der Waals surface area contributed by atoms with E-state index in [9.17, 15) is 9.18 Å². The van der Waals surface area contributed by atoms with Crippen LogP contribution in [-0.2, 0) is 11.3 Å². The lowest BCUT2D eigenvalue weighted by molar-refractivity contribution is -0.125. The first-order chi connectivity index (χ1) is 8.25. The Hall–Kier alpha value is -1.42. The predicted molar refractivity (Wildman–Crippen MR) is 63.8 cm³/mol. The molecule has 0 radical (unpaired) electrons. The predicted octanol–water partition coefficient (Wildman–Crippen LogP) is 1.44. The van der Waals surface area contributed by atoms with E-state index < -0.39 is 0 Å². The Morgan fingerprint density at radius 1 is 1.29 bits per heavy atom. The summed E-state index contributed by atoms with van der Waals surface area (Å²) in [6.07, 6.45) is 1.80. The molecule has 4 heteroatoms. The number of piperidine rings is 1. The third kappa shape index (κ3) is 3.53. The molecule has 17 heavy (non-hydrogen) atoms. The molecule has 0 aromatic heterocycles. The molecule has 0 atom stereocenters. The average Bonchev–Trinajstić information content (AvgIpc) is 2.39. The topological polar surface area (TPSA) is 41.1 Å². The van der Waals surface area contributed by atoms with E-state index in [-0.39, 0.29) is 17.6 Å². The highest BCUT2D eigenvalue weighted by Gasteiger charge is 2.20. The maximum absolute atomic E-state index is 12.7. The molecule has 3 nitrogen and oxygen atoms in total. The number of halogens is 1. The van der Waals surface area contributed by atoms with Gasteiger partial charge in [0, 0.05) is 12.5 Å². The smallest absolute Gasteiger partial charge is 0.223 e. The molecule has 1 amide bonds. The molecule has 1 aliphatic heterocycles. The minimum atomic E-state index is -0.251. The van der Waals surface area contributed by atoms with E-state index in [4.69, 9.17) is 0 Å². The van der Waals surface area contributed by atoms with Crippen LogP contribution in [0.1, 0.15) is 18.4 Å². The second kappa shape index (κ2) is 5.77. The molecule has 0 unspecified atom stereocenters. The van der Waals surface area contributed by atoms with Crippen LogP contribution in [-0.4, -0.2) is 19.0 Å². The zero-order valence-electron chi connectivity index (χ0n) is 9.71. The van der Waals surface area contributed by atoms with Crippen molar-refractivity contribution >= 4 is 5.91 Å². The van der Waals surface area contributed by atoms with Crippen molar-refractivity contribution in [1.29, 1.82) is 0 Å². The number of hydrogen-bond acceptors (Lipinski definition) is 2. The Morgan fingerprint density at radius 3 is 2.59 bits per heavy atom. The molecule has 2 rings (SSSR count). The molecular formula is C13H17FN2O. The number of nitrogens with one attached hydrogen (secondary N) is 2. The molecule has 1 heterocycles. The van der Waals surface area contributed by atoms with Crippen molar-refractivity contribution in [2.45, 2.75) is 19.4 Å². The molecule has 92 valence electrons. The summed E-state index contributed by atoms with van der Waals surface area (Å²) < 4.78 is 12.7. The Morgan fingerprint density at radius 2 is 1.94 bits per heavy atom. The number of benzene rings is 1. The van der Waals surface area contributed by atoms with Crippen LogP contribution in [0.5, 0.6) is 0 Å². The largest absolute Gasteiger partial charge is 0.352 e. The van der Waals surface area contributed by atoms with Crippen LogP contribution in [0.4, 0.5) is 4.39 Å². The van der Waals surface area contributed by atoms with Gasteiger partial charge in [-0.2, -0.15) is 0 Å². The van der Waals surface area contributed by atoms with E-state index in [1.54, 1.807) is 12.1 Å². The van der Waals surface area contributed by atoms with Crippen LogP contribution in [0, 0.1) is 11.7 Å². The second-order valence-corrected chi connectivity index (χ2v) is 4.37. The second-order valence-electron chi connectivity index (χ2n) is 4.37. The van der Waals surface area contributed by atoms with E-state index >= 15 is 0 Å². The maximum atomic E-state index is 12.7. The third-order valence-corrected chi connectivity index (χ3v) is 3.09. The van der Waals surface area contributed by atoms with Gasteiger partial charge in [-0.05, 0) is 43.6 Å². The minimum absolute atomic E-state index is 0.107. The SMILES string of the molecule is O=C(NCc1ccc(F)cc1)C1CCNCC1. The Bertz CT molecular complexity index is 372. The van der Waals surface area contributed by atoms with Gasteiger partial charge in [-0.15, -0.1) is 0 Å². The van der Waals surface area contributed by atoms with E-state index in [0.29, 0.717) is 6.54 Å². The summed E-state index contributed by atoms with van der Waals surface area (Å²) in [4.78, 5) is 11.8. The van der Waals surface area contributed by atoms with Gasteiger partial charge in [0.15, 0.2) is 0 Å². The highest BCUT2D eigenvalue weighted by Crippen LogP contribution is 2.11. The van der Waals surface area contributed by atoms with Crippen molar-refractivity contribution in [1.82, 2.24) is 10.6 Å². The highest BCUT2D eigenvalue weighted by atomic mass is 19.1. The number of carbonyl (C=O) groups is 1. The standard InChI is InChI=1S/C13H17FN2O/c14-12-3-1-10(2-4-12)9-16-13(17)11-5-7-15-8-6-11/h1-4,11,15H,5-9H2,(H,16,17). The summed E-state index contributed by atoms with van der Waals surface area (Å²) in [5.41, 5.74) is 0.925. The molecule has 2 N–H and O–H groups in total. The van der Waals surface area contributed by atoms with Crippen molar-refractivity contribution in [2.75, 3.05) is 13.1 Å². The molecule has 0 bridgehead atoms. The molecule has 1 aromatic rings. The van der Waals surface area contributed by atoms with Crippen LogP contribution in [0.25, 0.3) is 0 Å². The average molecular weight is 236 g/mol. The van der Waals surface area contributed by atoms with Gasteiger partial charge in [0.2, 0.25) is 5.91 Å². The molecule has 1 saturated heterocycles. The maximum Gasteiger partial charge on any atom is 0.223 e. The first-order valence-corrected chi connectivity index (χ1v) is 5.98. The van der Waals surface area contributed by atoms with E-state index in [1.807, 2.05) is 0 Å². The van der Waals surface area contributed by atoms with E-state index in [2.05, 4.69) is 10.6 Å². The van der Waals surface area contributed by atoms with Gasteiger partial charge in [-0.25, -0.2) is 4.39 Å². The van der Waals surface area contributed by atoms with E-state index in [1.165, 1.54) is 12.1 Å². The quantitative estimate of drug-likeness (QED) is 0.834. The summed E-state index contributed by atoms with van der Waals surface area (Å²) in [5.74, 6) is -0.0223. The van der Waals surface area contributed by atoms with E-state index in [0.717, 1.165) is 31.5 Å². The lowest BCUT2D eigenvalue weighted by Gasteiger charge is -2.21.